The predicted octanol–water partition coefficient (Wildman–Crippen LogP) is 3.16. The molecule has 2 fully saturated rings. The number of hydrogen-bond donors (Lipinski definition) is 1. The molecule has 0 spiro atoms. The third-order valence-electron chi connectivity index (χ3n) is 5.24. The Kier molecular flexibility index (Phi) is 6.46. The highest BCUT2D eigenvalue weighted by molar-refractivity contribution is 6.51. The molecule has 0 aromatic rings. The lowest BCUT2D eigenvalue weighted by Gasteiger charge is -2.32. The molecule has 2 aliphatic rings. The van der Waals surface area contributed by atoms with Gasteiger partial charge in [0.05, 0.1) is 11.2 Å². The van der Waals surface area contributed by atoms with Crippen LogP contribution in [0.3, 0.4) is 0 Å². The van der Waals surface area contributed by atoms with Crippen LogP contribution in [0.5, 0.6) is 0 Å². The lowest BCUT2D eigenvalue weighted by Crippen LogP contribution is -2.46. The van der Waals surface area contributed by atoms with E-state index < -0.39 is 5.60 Å². The largest absolute Gasteiger partial charge is 0.486 e. The molecule has 0 radical (unpaired) electrons. The lowest BCUT2D eigenvalue weighted by atomic mass is 9.90. The molecule has 0 aromatic heterocycles. The molecule has 2 heterocycles. The summed E-state index contributed by atoms with van der Waals surface area (Å²) in [6, 6.07) is 0.188. The Labute approximate surface area is 158 Å². The van der Waals surface area contributed by atoms with Crippen molar-refractivity contribution in [2.75, 3.05) is 19.6 Å². The minimum absolute atomic E-state index is 0.188. The lowest BCUT2D eigenvalue weighted by molar-refractivity contribution is 0.00578. The average molecular weight is 366 g/mol. The number of hydrogen-bond acceptors (Lipinski definition) is 5. The van der Waals surface area contributed by atoms with Crippen molar-refractivity contribution in [1.82, 2.24) is 10.2 Å². The number of nitrogens with one attached hydrogen (secondary N) is 1. The second-order valence-electron chi connectivity index (χ2n) is 9.27. The maximum atomic E-state index is 11.8. The van der Waals surface area contributed by atoms with E-state index in [2.05, 4.69) is 44.0 Å². The van der Waals surface area contributed by atoms with E-state index in [0.29, 0.717) is 0 Å². The quantitative estimate of drug-likeness (QED) is 0.775. The summed E-state index contributed by atoms with van der Waals surface area (Å²) >= 11 is 0. The summed E-state index contributed by atoms with van der Waals surface area (Å²) in [5, 5.41) is 2.97. The number of piperidine rings is 1. The molecule has 0 unspecified atom stereocenters. The summed E-state index contributed by atoms with van der Waals surface area (Å²) in [5.74, 6) is 2.00. The molecular formula is C19H35BN2O4. The van der Waals surface area contributed by atoms with Crippen LogP contribution in [0.1, 0.15) is 61.3 Å². The van der Waals surface area contributed by atoms with Gasteiger partial charge in [-0.25, -0.2) is 4.79 Å². The topological polar surface area (TPSA) is 60.0 Å². The molecule has 2 saturated heterocycles. The number of carbonyl (C=O) groups excluding carboxylic acids is 1. The third-order valence-corrected chi connectivity index (χ3v) is 5.24. The van der Waals surface area contributed by atoms with Crippen molar-refractivity contribution in [3.05, 3.63) is 12.1 Å². The van der Waals surface area contributed by atoms with Crippen molar-refractivity contribution in [2.24, 2.45) is 0 Å². The molecule has 6 nitrogen and oxygen atoms in total. The van der Waals surface area contributed by atoms with Gasteiger partial charge in [-0.1, -0.05) is 12.1 Å². The molecular weight excluding hydrogens is 331 g/mol. The van der Waals surface area contributed by atoms with Crippen LogP contribution < -0.4 is 5.32 Å². The number of likely N-dealkylation sites (tertiary alicyclic amines) is 1. The minimum atomic E-state index is -0.455. The van der Waals surface area contributed by atoms with E-state index in [-0.39, 0.29) is 30.5 Å². The Morgan fingerprint density at radius 2 is 1.73 bits per heavy atom. The fraction of sp³-hybridized carbons (Fsp3) is 0.842. The fourth-order valence-electron chi connectivity index (χ4n) is 3.02. The summed E-state index contributed by atoms with van der Waals surface area (Å²) in [4.78, 5) is 14.2. The standard InChI is InChI=1S/C19H35BN2O4/c1-17(2,3)24-16(23)21-15-9-13-22(14-10-15)12-8-11-20-25-18(4,5)19(6,7)26-20/h8,11,15H,9-10,12-14H2,1-7H3,(H,21,23). The summed E-state index contributed by atoms with van der Waals surface area (Å²) < 4.78 is 17.3. The van der Waals surface area contributed by atoms with Crippen LogP contribution in [0.25, 0.3) is 0 Å². The number of ether oxygens (including phenoxy) is 1. The Morgan fingerprint density at radius 1 is 1.19 bits per heavy atom. The smallest absolute Gasteiger partial charge is 0.444 e. The van der Waals surface area contributed by atoms with Gasteiger partial charge in [-0.2, -0.15) is 0 Å². The van der Waals surface area contributed by atoms with Crippen LogP contribution in [0.2, 0.25) is 0 Å². The highest BCUT2D eigenvalue weighted by Gasteiger charge is 2.49. The Bertz CT molecular complexity index is 504. The predicted molar refractivity (Wildman–Crippen MR) is 104 cm³/mol. The number of amides is 1. The number of alkyl carbamates (subject to hydrolysis) is 1. The first-order valence-electron chi connectivity index (χ1n) is 9.62. The molecule has 7 heteroatoms. The van der Waals surface area contributed by atoms with Crippen LogP contribution in [0.15, 0.2) is 12.1 Å². The van der Waals surface area contributed by atoms with E-state index in [4.69, 9.17) is 14.0 Å². The monoisotopic (exact) mass is 366 g/mol. The van der Waals surface area contributed by atoms with Crippen LogP contribution in [-0.4, -0.2) is 60.6 Å². The van der Waals surface area contributed by atoms with Crippen molar-refractivity contribution in [1.29, 1.82) is 0 Å². The van der Waals surface area contributed by atoms with Gasteiger partial charge in [0.1, 0.15) is 5.60 Å². The maximum Gasteiger partial charge on any atom is 0.486 e. The van der Waals surface area contributed by atoms with Gasteiger partial charge in [-0.15, -0.1) is 0 Å². The first-order chi connectivity index (χ1) is 11.9. The summed E-state index contributed by atoms with van der Waals surface area (Å²) in [6.45, 7) is 16.6. The van der Waals surface area contributed by atoms with E-state index in [1.807, 2.05) is 26.7 Å². The van der Waals surface area contributed by atoms with Crippen molar-refractivity contribution in [3.63, 3.8) is 0 Å². The second kappa shape index (κ2) is 7.91. The maximum absolute atomic E-state index is 11.8. The molecule has 26 heavy (non-hydrogen) atoms. The molecule has 0 aliphatic carbocycles. The average Bonchev–Trinajstić information content (AvgIpc) is 2.66. The van der Waals surface area contributed by atoms with Crippen molar-refractivity contribution in [2.45, 2.75) is 84.2 Å². The van der Waals surface area contributed by atoms with Gasteiger partial charge in [0.2, 0.25) is 0 Å². The van der Waals surface area contributed by atoms with E-state index in [9.17, 15) is 4.79 Å². The second-order valence-corrected chi connectivity index (χ2v) is 9.27. The molecule has 0 aromatic carbocycles. The zero-order valence-corrected chi connectivity index (χ0v) is 17.4. The molecule has 0 saturated carbocycles. The molecule has 1 N–H and O–H groups in total. The Hall–Kier alpha value is -1.05. The number of rotatable bonds is 4. The van der Waals surface area contributed by atoms with Gasteiger partial charge in [-0.3, -0.25) is 4.90 Å². The normalized spacial score (nSPS) is 24.2. The van der Waals surface area contributed by atoms with Crippen molar-refractivity contribution in [3.8, 4) is 0 Å². The van der Waals surface area contributed by atoms with Gasteiger partial charge in [-0.05, 0) is 61.3 Å². The zero-order chi connectivity index (χ0) is 19.6. The summed E-state index contributed by atoms with van der Waals surface area (Å²) in [5.41, 5.74) is -1.05. The first-order valence-corrected chi connectivity index (χ1v) is 9.62. The van der Waals surface area contributed by atoms with Gasteiger partial charge in [0.15, 0.2) is 0 Å². The minimum Gasteiger partial charge on any atom is -0.444 e. The number of carbonyl (C=O) groups is 1. The molecule has 1 amide bonds. The van der Waals surface area contributed by atoms with Crippen LogP contribution >= 0.6 is 0 Å². The van der Waals surface area contributed by atoms with Crippen LogP contribution in [0, 0.1) is 0 Å². The van der Waals surface area contributed by atoms with E-state index >= 15 is 0 Å². The Morgan fingerprint density at radius 3 is 2.23 bits per heavy atom. The van der Waals surface area contributed by atoms with Gasteiger partial charge < -0.3 is 19.4 Å². The van der Waals surface area contributed by atoms with E-state index in [0.717, 1.165) is 32.5 Å². The Balaban J connectivity index is 1.69. The van der Waals surface area contributed by atoms with Crippen molar-refractivity contribution < 1.29 is 18.8 Å². The summed E-state index contributed by atoms with van der Waals surface area (Å²) in [6.07, 6.45) is 3.66. The third kappa shape index (κ3) is 6.00. The summed E-state index contributed by atoms with van der Waals surface area (Å²) in [7, 11) is -0.286. The molecule has 148 valence electrons. The molecule has 2 rings (SSSR count). The SMILES string of the molecule is CC(C)(C)OC(=O)NC1CCN(CC=CB2OC(C)(C)C(C)(C)O2)CC1. The number of nitrogens with zero attached hydrogens (tertiary/aromatic N) is 1. The van der Waals surface area contributed by atoms with E-state index in [1.165, 1.54) is 0 Å². The first kappa shape index (κ1) is 21.3. The molecule has 0 atom stereocenters. The molecule has 0 bridgehead atoms. The van der Waals surface area contributed by atoms with Gasteiger partial charge in [0.25, 0.3) is 0 Å². The van der Waals surface area contributed by atoms with Crippen LogP contribution in [0.4, 0.5) is 4.79 Å². The van der Waals surface area contributed by atoms with Crippen molar-refractivity contribution >= 4 is 13.2 Å². The molecule has 2 aliphatic heterocycles. The highest BCUT2D eigenvalue weighted by atomic mass is 16.7. The van der Waals surface area contributed by atoms with Gasteiger partial charge >= 0.3 is 13.2 Å². The zero-order valence-electron chi connectivity index (χ0n) is 17.4. The fourth-order valence-corrected chi connectivity index (χ4v) is 3.02. The highest BCUT2D eigenvalue weighted by Crippen LogP contribution is 2.36. The van der Waals surface area contributed by atoms with Gasteiger partial charge in [0, 0.05) is 25.7 Å². The van der Waals surface area contributed by atoms with Crippen LogP contribution in [-0.2, 0) is 14.0 Å². The van der Waals surface area contributed by atoms with E-state index in [1.54, 1.807) is 0 Å².